The van der Waals surface area contributed by atoms with Gasteiger partial charge in [-0.2, -0.15) is 0 Å². The summed E-state index contributed by atoms with van der Waals surface area (Å²) in [5, 5.41) is 21.4. The Labute approximate surface area is 241 Å². The first-order valence-electron chi connectivity index (χ1n) is 15.9. The molecule has 5 fully saturated rings. The van der Waals surface area contributed by atoms with Crippen molar-refractivity contribution in [1.82, 2.24) is 0 Å². The molecular weight excluding hydrogens is 504 g/mol. The monoisotopic (exact) mass is 558 g/mol. The second kappa shape index (κ2) is 10.1. The van der Waals surface area contributed by atoms with E-state index in [-0.39, 0.29) is 46.1 Å². The quantitative estimate of drug-likeness (QED) is 0.303. The zero-order valence-electron chi connectivity index (χ0n) is 25.9. The predicted octanol–water partition coefficient (Wildman–Crippen LogP) is 6.08. The summed E-state index contributed by atoms with van der Waals surface area (Å²) in [4.78, 5) is 23.7. The lowest BCUT2D eigenvalue weighted by Crippen LogP contribution is -2.67. The smallest absolute Gasteiger partial charge is 0.302 e. The van der Waals surface area contributed by atoms with Crippen LogP contribution in [0, 0.1) is 56.7 Å². The minimum Gasteiger partial charge on any atom is -0.465 e. The Bertz CT molecular complexity index is 1040. The van der Waals surface area contributed by atoms with Gasteiger partial charge in [0.05, 0.1) is 25.9 Å². The van der Waals surface area contributed by atoms with Crippen molar-refractivity contribution in [3.8, 4) is 0 Å². The summed E-state index contributed by atoms with van der Waals surface area (Å²) in [6, 6.07) is 0. The molecule has 0 aromatic heterocycles. The molecule has 0 aromatic carbocycles. The van der Waals surface area contributed by atoms with Crippen LogP contribution in [0.4, 0.5) is 0 Å². The van der Waals surface area contributed by atoms with Crippen LogP contribution in [-0.4, -0.2) is 48.1 Å². The number of aliphatic hydroxyl groups is 2. The highest BCUT2D eigenvalue weighted by Gasteiger charge is 2.71. The molecule has 0 unspecified atom stereocenters. The Balaban J connectivity index is 1.50. The summed E-state index contributed by atoms with van der Waals surface area (Å²) in [6.07, 6.45) is 10.0. The molecular formula is C34H54O6. The van der Waals surface area contributed by atoms with Crippen molar-refractivity contribution < 1.29 is 29.3 Å². The van der Waals surface area contributed by atoms with Crippen molar-refractivity contribution >= 4 is 11.9 Å². The Morgan fingerprint density at radius 1 is 0.800 bits per heavy atom. The van der Waals surface area contributed by atoms with Crippen LogP contribution in [0.3, 0.4) is 0 Å². The molecule has 5 aliphatic carbocycles. The lowest BCUT2D eigenvalue weighted by molar-refractivity contribution is -0.256. The first kappa shape index (κ1) is 30.1. The molecule has 6 nitrogen and oxygen atoms in total. The number of rotatable bonds is 6. The highest BCUT2D eigenvalue weighted by atomic mass is 16.5. The summed E-state index contributed by atoms with van der Waals surface area (Å²) in [6.45, 7) is 17.9. The molecule has 0 saturated heterocycles. The minimum atomic E-state index is -0.457. The predicted molar refractivity (Wildman–Crippen MR) is 154 cm³/mol. The van der Waals surface area contributed by atoms with Crippen LogP contribution in [-0.2, 0) is 19.1 Å². The standard InChI is InChI=1S/C34H54O6/c1-21(18-35)24-10-15-34(20-40-23(3)37)17-16-32(6)25(29(24)34)8-9-27-30(4)13-12-28(38)31(5,19-39-22(2)36)26(30)11-14-33(27,32)7/h24-29,35,38H,1,8-20H2,2-7H3/t24-,25+,26+,27+,28-,29+,30-,31-,32+,33+,34+/m0/s1. The molecule has 5 saturated carbocycles. The maximum atomic E-state index is 11.9. The molecule has 0 bridgehead atoms. The zero-order valence-corrected chi connectivity index (χ0v) is 25.9. The average Bonchev–Trinajstić information content (AvgIpc) is 3.29. The molecule has 5 aliphatic rings. The van der Waals surface area contributed by atoms with Crippen molar-refractivity contribution in [2.45, 2.75) is 112 Å². The Morgan fingerprint density at radius 3 is 2.12 bits per heavy atom. The maximum Gasteiger partial charge on any atom is 0.302 e. The minimum absolute atomic E-state index is 0.0249. The van der Waals surface area contributed by atoms with Gasteiger partial charge in [-0.25, -0.2) is 0 Å². The first-order valence-corrected chi connectivity index (χ1v) is 15.9. The van der Waals surface area contributed by atoms with Crippen LogP contribution >= 0.6 is 0 Å². The first-order chi connectivity index (χ1) is 18.7. The molecule has 0 aromatic rings. The van der Waals surface area contributed by atoms with Crippen LogP contribution in [0.5, 0.6) is 0 Å². The van der Waals surface area contributed by atoms with Crippen molar-refractivity contribution in [1.29, 1.82) is 0 Å². The molecule has 0 amide bonds. The van der Waals surface area contributed by atoms with E-state index in [4.69, 9.17) is 9.47 Å². The Morgan fingerprint density at radius 2 is 1.48 bits per heavy atom. The van der Waals surface area contributed by atoms with Gasteiger partial charge < -0.3 is 19.7 Å². The van der Waals surface area contributed by atoms with Crippen molar-refractivity contribution in [2.24, 2.45) is 56.7 Å². The highest BCUT2D eigenvalue weighted by molar-refractivity contribution is 5.66. The van der Waals surface area contributed by atoms with Gasteiger partial charge in [0.25, 0.3) is 0 Å². The third kappa shape index (κ3) is 4.16. The lowest BCUT2D eigenvalue weighted by Gasteiger charge is -2.73. The van der Waals surface area contributed by atoms with Gasteiger partial charge in [0.2, 0.25) is 0 Å². The van der Waals surface area contributed by atoms with E-state index in [9.17, 15) is 19.8 Å². The van der Waals surface area contributed by atoms with Gasteiger partial charge >= 0.3 is 11.9 Å². The van der Waals surface area contributed by atoms with Crippen LogP contribution in [0.25, 0.3) is 0 Å². The van der Waals surface area contributed by atoms with Crippen molar-refractivity contribution in [2.75, 3.05) is 19.8 Å². The number of aliphatic hydroxyl groups excluding tert-OH is 2. The molecule has 226 valence electrons. The molecule has 0 heterocycles. The third-order valence-corrected chi connectivity index (χ3v) is 14.3. The number of carbonyl (C=O) groups is 2. The van der Waals surface area contributed by atoms with E-state index < -0.39 is 11.5 Å². The van der Waals surface area contributed by atoms with Crippen molar-refractivity contribution in [3.05, 3.63) is 12.2 Å². The number of hydrogen-bond donors (Lipinski definition) is 2. The summed E-state index contributed by atoms with van der Waals surface area (Å²) in [5.41, 5.74) is 0.844. The van der Waals surface area contributed by atoms with E-state index in [0.29, 0.717) is 36.9 Å². The lowest BCUT2D eigenvalue weighted by atomic mass is 9.32. The summed E-state index contributed by atoms with van der Waals surface area (Å²) >= 11 is 0. The molecule has 2 N–H and O–H groups in total. The van der Waals surface area contributed by atoms with E-state index >= 15 is 0 Å². The summed E-state index contributed by atoms with van der Waals surface area (Å²) < 4.78 is 11.4. The van der Waals surface area contributed by atoms with E-state index in [1.165, 1.54) is 13.8 Å². The number of esters is 2. The largest absolute Gasteiger partial charge is 0.465 e. The normalized spacial score (nSPS) is 49.6. The maximum absolute atomic E-state index is 11.9. The van der Waals surface area contributed by atoms with Crippen LogP contribution in [0.15, 0.2) is 12.2 Å². The number of ether oxygens (including phenoxy) is 2. The van der Waals surface area contributed by atoms with Gasteiger partial charge in [0, 0.05) is 24.7 Å². The number of hydrogen-bond acceptors (Lipinski definition) is 6. The van der Waals surface area contributed by atoms with Crippen LogP contribution in [0.2, 0.25) is 0 Å². The fourth-order valence-electron chi connectivity index (χ4n) is 12.1. The fraction of sp³-hybridized carbons (Fsp3) is 0.882. The van der Waals surface area contributed by atoms with E-state index in [1.807, 2.05) is 0 Å². The molecule has 11 atom stereocenters. The molecule has 0 aliphatic heterocycles. The number of fused-ring (bicyclic) bond motifs is 7. The highest BCUT2D eigenvalue weighted by Crippen LogP contribution is 2.77. The van der Waals surface area contributed by atoms with Gasteiger partial charge in [-0.05, 0) is 116 Å². The Hall–Kier alpha value is -1.40. The van der Waals surface area contributed by atoms with E-state index in [1.54, 1.807) is 0 Å². The molecule has 0 radical (unpaired) electrons. The second-order valence-electron chi connectivity index (χ2n) is 15.6. The molecule has 6 heteroatoms. The molecule has 40 heavy (non-hydrogen) atoms. The topological polar surface area (TPSA) is 93.1 Å². The molecule has 5 rings (SSSR count). The van der Waals surface area contributed by atoms with Gasteiger partial charge in [-0.15, -0.1) is 0 Å². The molecule has 0 spiro atoms. The SMILES string of the molecule is C=C(CO)[C@@H]1CC[C@]2(COC(C)=O)CC[C@]3(C)[C@H](CC[C@@H]4[C@@]5(C)CC[C@H](O)[C@@](C)(COC(C)=O)[C@@H]5CC[C@]43C)[C@@H]12. The van der Waals surface area contributed by atoms with E-state index in [2.05, 4.69) is 34.3 Å². The summed E-state index contributed by atoms with van der Waals surface area (Å²) in [5.74, 6) is 1.50. The number of carbonyl (C=O) groups excluding carboxylic acids is 2. The Kier molecular flexibility index (Phi) is 7.60. The van der Waals surface area contributed by atoms with Gasteiger partial charge in [0.15, 0.2) is 0 Å². The summed E-state index contributed by atoms with van der Waals surface area (Å²) in [7, 11) is 0. The fourth-order valence-corrected chi connectivity index (χ4v) is 12.1. The average molecular weight is 559 g/mol. The van der Waals surface area contributed by atoms with Crippen molar-refractivity contribution in [3.63, 3.8) is 0 Å². The van der Waals surface area contributed by atoms with Crippen LogP contribution in [0.1, 0.15) is 106 Å². The van der Waals surface area contributed by atoms with Gasteiger partial charge in [0.1, 0.15) is 0 Å². The zero-order chi connectivity index (χ0) is 29.3. The second-order valence-corrected chi connectivity index (χ2v) is 15.6. The van der Waals surface area contributed by atoms with E-state index in [0.717, 1.165) is 69.8 Å². The van der Waals surface area contributed by atoms with Gasteiger partial charge in [-0.1, -0.05) is 34.3 Å². The third-order valence-electron chi connectivity index (χ3n) is 14.3. The van der Waals surface area contributed by atoms with Gasteiger partial charge in [-0.3, -0.25) is 9.59 Å². The van der Waals surface area contributed by atoms with Crippen LogP contribution < -0.4 is 0 Å².